The Hall–Kier alpha value is -1.34. The number of aliphatic imine (C=N–C) groups is 1. The van der Waals surface area contributed by atoms with E-state index in [1.165, 1.54) is 6.42 Å². The van der Waals surface area contributed by atoms with Crippen LogP contribution < -0.4 is 5.73 Å². The summed E-state index contributed by atoms with van der Waals surface area (Å²) in [5.74, 6) is 1.79. The van der Waals surface area contributed by atoms with Gasteiger partial charge in [-0.2, -0.15) is 0 Å². The molecule has 0 aromatic carbocycles. The Bertz CT molecular complexity index is 248. The molecule has 0 aliphatic rings. The lowest BCUT2D eigenvalue weighted by Gasteiger charge is -1.96. The molecule has 0 fully saturated rings. The van der Waals surface area contributed by atoms with E-state index >= 15 is 0 Å². The molecule has 0 atom stereocenters. The van der Waals surface area contributed by atoms with Crippen molar-refractivity contribution in [2.24, 2.45) is 10.7 Å². The fourth-order valence-corrected chi connectivity index (χ4v) is 0.674. The number of nitrogens with two attached hydrogens (primary N) is 1. The number of hydrogen-bond donors (Lipinski definition) is 1. The van der Waals surface area contributed by atoms with Crippen molar-refractivity contribution in [2.45, 2.75) is 40.5 Å². The van der Waals surface area contributed by atoms with E-state index in [9.17, 15) is 4.79 Å². The van der Waals surface area contributed by atoms with Crippen molar-refractivity contribution < 1.29 is 4.79 Å². The highest BCUT2D eigenvalue weighted by atomic mass is 16.1. The average Bonchev–Trinajstić information content (AvgIpc) is 2.21. The Morgan fingerprint density at radius 2 is 1.87 bits per heavy atom. The monoisotopic (exact) mass is 210 g/mol. The van der Waals surface area contributed by atoms with Gasteiger partial charge in [-0.15, -0.1) is 0 Å². The molecule has 0 radical (unpaired) electrons. The number of carbonyl (C=O) groups excluding carboxylic acids is 1. The molecule has 0 aromatic heterocycles. The summed E-state index contributed by atoms with van der Waals surface area (Å²) in [6, 6.07) is 0. The molecule has 2 N–H and O–H groups in total. The lowest BCUT2D eigenvalue weighted by Crippen LogP contribution is -2.01. The molecule has 0 saturated carbocycles. The van der Waals surface area contributed by atoms with E-state index in [0.717, 1.165) is 6.54 Å². The maximum Gasteiger partial charge on any atom is 0.130 e. The molecule has 0 aliphatic carbocycles. The van der Waals surface area contributed by atoms with Crippen molar-refractivity contribution in [1.29, 1.82) is 0 Å². The predicted octanol–water partition coefficient (Wildman–Crippen LogP) is 2.50. The molecule has 0 amide bonds. The summed E-state index contributed by atoms with van der Waals surface area (Å²) < 4.78 is 0. The molecule has 0 rings (SSSR count). The summed E-state index contributed by atoms with van der Waals surface area (Å²) in [6.07, 6.45) is 5.07. The zero-order valence-electron chi connectivity index (χ0n) is 10.2. The van der Waals surface area contributed by atoms with E-state index in [1.54, 1.807) is 18.2 Å². The molecule has 86 valence electrons. The molecule has 0 bridgehead atoms. The molecule has 3 nitrogen and oxygen atoms in total. The third-order valence-electron chi connectivity index (χ3n) is 1.37. The van der Waals surface area contributed by atoms with Gasteiger partial charge in [0, 0.05) is 18.5 Å². The van der Waals surface area contributed by atoms with E-state index in [1.807, 2.05) is 13.8 Å². The van der Waals surface area contributed by atoms with E-state index in [-0.39, 0.29) is 0 Å². The molecule has 0 spiro atoms. The Kier molecular flexibility index (Phi) is 13.6. The Labute approximate surface area is 92.8 Å². The first-order chi connectivity index (χ1) is 7.17. The van der Waals surface area contributed by atoms with Crippen molar-refractivity contribution in [3.8, 4) is 0 Å². The highest BCUT2D eigenvalue weighted by Crippen LogP contribution is 2.02. The van der Waals surface area contributed by atoms with Gasteiger partial charge in [-0.25, -0.2) is 4.79 Å². The van der Waals surface area contributed by atoms with Gasteiger partial charge in [0.25, 0.3) is 0 Å². The molecular weight excluding hydrogens is 188 g/mol. The van der Waals surface area contributed by atoms with Crippen molar-refractivity contribution >= 4 is 12.2 Å². The van der Waals surface area contributed by atoms with Gasteiger partial charge in [-0.1, -0.05) is 27.2 Å². The molecule has 0 aromatic rings. The van der Waals surface area contributed by atoms with Gasteiger partial charge in [0.15, 0.2) is 0 Å². The maximum atomic E-state index is 10.3. The van der Waals surface area contributed by atoms with Crippen LogP contribution in [0.25, 0.3) is 0 Å². The van der Waals surface area contributed by atoms with Crippen LogP contribution in [-0.2, 0) is 4.79 Å². The first-order valence-corrected chi connectivity index (χ1v) is 5.37. The number of rotatable bonds is 4. The van der Waals surface area contributed by atoms with Crippen LogP contribution in [0.2, 0.25) is 0 Å². The fraction of sp³-hybridized carbons (Fsp3) is 0.583. The van der Waals surface area contributed by atoms with E-state index in [2.05, 4.69) is 18.8 Å². The van der Waals surface area contributed by atoms with Gasteiger partial charge < -0.3 is 5.73 Å². The van der Waals surface area contributed by atoms with Crippen molar-refractivity contribution in [1.82, 2.24) is 0 Å². The van der Waals surface area contributed by atoms with Gasteiger partial charge in [0.2, 0.25) is 0 Å². The lowest BCUT2D eigenvalue weighted by atomic mass is 10.1. The van der Waals surface area contributed by atoms with Crippen LogP contribution in [0.3, 0.4) is 0 Å². The minimum absolute atomic E-state index is 0.449. The zero-order valence-corrected chi connectivity index (χ0v) is 10.2. The van der Waals surface area contributed by atoms with Crippen LogP contribution >= 0.6 is 0 Å². The minimum atomic E-state index is 0.449. The van der Waals surface area contributed by atoms with E-state index in [4.69, 9.17) is 5.73 Å². The zero-order chi connectivity index (χ0) is 12.1. The second-order valence-electron chi connectivity index (χ2n) is 2.91. The summed E-state index contributed by atoms with van der Waals surface area (Å²) in [7, 11) is 0. The maximum absolute atomic E-state index is 10.3. The van der Waals surface area contributed by atoms with Gasteiger partial charge in [-0.3, -0.25) is 4.99 Å². The highest BCUT2D eigenvalue weighted by Gasteiger charge is 1.96. The normalized spacial score (nSPS) is 10.5. The van der Waals surface area contributed by atoms with Gasteiger partial charge in [0.1, 0.15) is 5.94 Å². The third kappa shape index (κ3) is 10.6. The molecule has 15 heavy (non-hydrogen) atoms. The summed E-state index contributed by atoms with van der Waals surface area (Å²) in [5, 5.41) is 0. The van der Waals surface area contributed by atoms with Gasteiger partial charge >= 0.3 is 0 Å². The minimum Gasteiger partial charge on any atom is -0.398 e. The average molecular weight is 210 g/mol. The number of nitrogens with zero attached hydrogens (tertiary/aromatic N) is 1. The molecule has 3 heteroatoms. The first kappa shape index (κ1) is 16.1. The summed E-state index contributed by atoms with van der Waals surface area (Å²) in [5.41, 5.74) is 6.50. The van der Waals surface area contributed by atoms with Crippen LogP contribution in [0.5, 0.6) is 0 Å². The number of hydrogen-bond acceptors (Lipinski definition) is 3. The SMILES string of the molecule is CCC.CCN=C/C=C(\N)C(=C=O)CC. The summed E-state index contributed by atoms with van der Waals surface area (Å²) >= 11 is 0. The van der Waals surface area contributed by atoms with Crippen LogP contribution in [0.1, 0.15) is 40.5 Å². The fourth-order valence-electron chi connectivity index (χ4n) is 0.674. The third-order valence-corrected chi connectivity index (χ3v) is 1.37. The van der Waals surface area contributed by atoms with Gasteiger partial charge in [0.05, 0.1) is 5.57 Å². The van der Waals surface area contributed by atoms with Gasteiger partial charge in [-0.05, 0) is 19.4 Å². The lowest BCUT2D eigenvalue weighted by molar-refractivity contribution is 0.566. The highest BCUT2D eigenvalue weighted by molar-refractivity contribution is 5.75. The molecule has 0 saturated heterocycles. The molecule has 0 unspecified atom stereocenters. The van der Waals surface area contributed by atoms with E-state index in [0.29, 0.717) is 17.7 Å². The van der Waals surface area contributed by atoms with Crippen LogP contribution in [0, 0.1) is 0 Å². The Morgan fingerprint density at radius 3 is 2.20 bits per heavy atom. The number of allylic oxidation sites excluding steroid dienone is 2. The van der Waals surface area contributed by atoms with E-state index < -0.39 is 0 Å². The second-order valence-corrected chi connectivity index (χ2v) is 2.91. The molecule has 0 aliphatic heterocycles. The molecule has 0 heterocycles. The standard InChI is InChI=1S/C9H14N2O.C3H8/c1-3-8(7-12)9(10)5-6-11-4-2;1-3-2/h5-6H,3-4,10H2,1-2H3;3H2,1-2H3/b9-5-,11-6?;. The van der Waals surface area contributed by atoms with Crippen LogP contribution in [-0.4, -0.2) is 18.7 Å². The van der Waals surface area contributed by atoms with Crippen molar-refractivity contribution in [3.05, 3.63) is 17.3 Å². The largest absolute Gasteiger partial charge is 0.398 e. The molecular formula is C12H22N2O. The quantitative estimate of drug-likeness (QED) is 0.440. The van der Waals surface area contributed by atoms with Crippen molar-refractivity contribution in [3.63, 3.8) is 0 Å². The summed E-state index contributed by atoms with van der Waals surface area (Å²) in [6.45, 7) is 8.75. The first-order valence-electron chi connectivity index (χ1n) is 5.37. The van der Waals surface area contributed by atoms with Crippen LogP contribution in [0.15, 0.2) is 22.3 Å². The predicted molar refractivity (Wildman–Crippen MR) is 66.8 cm³/mol. The topological polar surface area (TPSA) is 55.4 Å². The Morgan fingerprint density at radius 1 is 1.33 bits per heavy atom. The van der Waals surface area contributed by atoms with Crippen LogP contribution in [0.4, 0.5) is 0 Å². The Balaban J connectivity index is 0. The summed E-state index contributed by atoms with van der Waals surface area (Å²) in [4.78, 5) is 14.2. The van der Waals surface area contributed by atoms with Crippen molar-refractivity contribution in [2.75, 3.05) is 6.54 Å². The smallest absolute Gasteiger partial charge is 0.130 e. The second kappa shape index (κ2) is 12.7.